The van der Waals surface area contributed by atoms with Crippen LogP contribution in [0.1, 0.15) is 5.56 Å². The monoisotopic (exact) mass is 482 g/mol. The number of ether oxygens (including phenoxy) is 1. The molecule has 1 heterocycles. The molecule has 0 aliphatic rings. The van der Waals surface area contributed by atoms with Crippen molar-refractivity contribution < 1.29 is 14.3 Å². The third-order valence-corrected chi connectivity index (χ3v) is 6.07. The molecular weight excluding hydrogens is 467 g/mol. The van der Waals surface area contributed by atoms with Crippen LogP contribution < -0.4 is 15.4 Å². The first-order valence-corrected chi connectivity index (χ1v) is 11.2. The number of halogens is 2. The predicted octanol–water partition coefficient (Wildman–Crippen LogP) is 4.90. The summed E-state index contributed by atoms with van der Waals surface area (Å²) in [5, 5.41) is 14.4. The number of aryl methyl sites for hydroxylation is 1. The number of amides is 2. The minimum atomic E-state index is -0.411. The van der Waals surface area contributed by atoms with E-state index in [0.29, 0.717) is 25.3 Å². The minimum Gasteiger partial charge on any atom is -0.482 e. The van der Waals surface area contributed by atoms with Crippen LogP contribution in [0, 0.1) is 6.92 Å². The second-order valence-corrected chi connectivity index (χ2v) is 9.03. The van der Waals surface area contributed by atoms with Crippen molar-refractivity contribution in [3.05, 3.63) is 58.1 Å². The molecule has 3 aromatic rings. The van der Waals surface area contributed by atoms with Crippen molar-refractivity contribution in [3.8, 4) is 5.75 Å². The summed E-state index contributed by atoms with van der Waals surface area (Å²) in [4.78, 5) is 24.1. The molecule has 0 aliphatic heterocycles. The number of hydrogen-bond acceptors (Lipinski definition) is 7. The van der Waals surface area contributed by atoms with Crippen LogP contribution in [0.5, 0.6) is 5.75 Å². The second kappa shape index (κ2) is 10.6. The number of nitrogens with one attached hydrogen (secondary N) is 2. The van der Waals surface area contributed by atoms with Gasteiger partial charge in [0.25, 0.3) is 5.91 Å². The van der Waals surface area contributed by atoms with Crippen molar-refractivity contribution in [3.63, 3.8) is 0 Å². The molecule has 1 aromatic heterocycles. The van der Waals surface area contributed by atoms with Gasteiger partial charge in [-0.25, -0.2) is 0 Å². The SMILES string of the molecule is Cc1ccc(NC(=O)CSc2nnc(NC(=O)COc3ccc(Cl)cc3Cl)s2)cc1. The van der Waals surface area contributed by atoms with Crippen molar-refractivity contribution in [2.75, 3.05) is 23.0 Å². The van der Waals surface area contributed by atoms with Gasteiger partial charge in [0.05, 0.1) is 10.8 Å². The standard InChI is InChI=1S/C19H16Cl2N4O3S2/c1-11-2-5-13(6-3-11)22-17(27)10-29-19-25-24-18(30-19)23-16(26)9-28-15-7-4-12(20)8-14(15)21/h2-8H,9-10H2,1H3,(H,22,27)(H,23,24,26). The van der Waals surface area contributed by atoms with Gasteiger partial charge in [0.1, 0.15) is 5.75 Å². The third-order valence-electron chi connectivity index (χ3n) is 3.57. The van der Waals surface area contributed by atoms with Crippen molar-refractivity contribution in [1.82, 2.24) is 10.2 Å². The summed E-state index contributed by atoms with van der Waals surface area (Å²) in [7, 11) is 0. The number of carbonyl (C=O) groups is 2. The highest BCUT2D eigenvalue weighted by Gasteiger charge is 2.12. The van der Waals surface area contributed by atoms with Crippen LogP contribution in [0.2, 0.25) is 10.0 Å². The lowest BCUT2D eigenvalue weighted by atomic mass is 10.2. The first-order valence-electron chi connectivity index (χ1n) is 8.59. The van der Waals surface area contributed by atoms with Crippen LogP contribution in [0.3, 0.4) is 0 Å². The zero-order valence-electron chi connectivity index (χ0n) is 15.6. The Bertz CT molecular complexity index is 1040. The Labute approximate surface area is 191 Å². The zero-order chi connectivity index (χ0) is 21.5. The van der Waals surface area contributed by atoms with Crippen molar-refractivity contribution in [2.24, 2.45) is 0 Å². The van der Waals surface area contributed by atoms with E-state index in [1.807, 2.05) is 31.2 Å². The van der Waals surface area contributed by atoms with Gasteiger partial charge in [-0.05, 0) is 37.3 Å². The highest BCUT2D eigenvalue weighted by molar-refractivity contribution is 8.01. The highest BCUT2D eigenvalue weighted by atomic mass is 35.5. The molecule has 30 heavy (non-hydrogen) atoms. The number of aromatic nitrogens is 2. The molecule has 2 N–H and O–H groups in total. The van der Waals surface area contributed by atoms with Gasteiger partial charge in [-0.2, -0.15) is 0 Å². The summed E-state index contributed by atoms with van der Waals surface area (Å²) in [5.41, 5.74) is 1.85. The fraction of sp³-hybridized carbons (Fsp3) is 0.158. The molecular formula is C19H16Cl2N4O3S2. The Balaban J connectivity index is 1.43. The fourth-order valence-electron chi connectivity index (χ4n) is 2.17. The molecule has 2 amide bonds. The molecule has 0 radical (unpaired) electrons. The average molecular weight is 483 g/mol. The number of hydrogen-bond donors (Lipinski definition) is 2. The lowest BCUT2D eigenvalue weighted by Gasteiger charge is -2.07. The molecule has 0 unspecified atom stereocenters. The predicted molar refractivity (Wildman–Crippen MR) is 121 cm³/mol. The van der Waals surface area contributed by atoms with Gasteiger partial charge >= 0.3 is 0 Å². The van der Waals surface area contributed by atoms with Gasteiger partial charge in [-0.3, -0.25) is 14.9 Å². The third kappa shape index (κ3) is 6.88. The number of benzene rings is 2. The molecule has 0 aliphatic carbocycles. The largest absolute Gasteiger partial charge is 0.482 e. The lowest BCUT2D eigenvalue weighted by molar-refractivity contribution is -0.118. The van der Waals surface area contributed by atoms with Crippen LogP contribution in [0.25, 0.3) is 0 Å². The Kier molecular flexibility index (Phi) is 7.92. The number of anilines is 2. The quantitative estimate of drug-likeness (QED) is 0.350. The summed E-state index contributed by atoms with van der Waals surface area (Å²) in [6, 6.07) is 12.3. The Hall–Kier alpha value is -2.33. The Morgan fingerprint density at radius 2 is 1.83 bits per heavy atom. The maximum absolute atomic E-state index is 12.0. The maximum atomic E-state index is 12.0. The van der Waals surface area contributed by atoms with E-state index >= 15 is 0 Å². The average Bonchev–Trinajstić information content (AvgIpc) is 3.15. The van der Waals surface area contributed by atoms with E-state index in [1.54, 1.807) is 12.1 Å². The molecule has 7 nitrogen and oxygen atoms in total. The summed E-state index contributed by atoms with van der Waals surface area (Å²) in [5.74, 6) is -0.0396. The minimum absolute atomic E-state index is 0.155. The normalized spacial score (nSPS) is 10.5. The molecule has 0 saturated heterocycles. The summed E-state index contributed by atoms with van der Waals surface area (Å²) < 4.78 is 5.93. The van der Waals surface area contributed by atoms with Gasteiger partial charge < -0.3 is 10.1 Å². The van der Waals surface area contributed by atoms with E-state index in [2.05, 4.69) is 20.8 Å². The van der Waals surface area contributed by atoms with Crippen LogP contribution in [-0.4, -0.2) is 34.4 Å². The first kappa shape index (κ1) is 22.4. The molecule has 0 spiro atoms. The molecule has 0 atom stereocenters. The molecule has 0 fully saturated rings. The van der Waals surface area contributed by atoms with Crippen molar-refractivity contribution >= 4 is 68.9 Å². The molecule has 0 saturated carbocycles. The summed E-state index contributed by atoms with van der Waals surface area (Å²) in [6.07, 6.45) is 0. The number of nitrogens with zero attached hydrogens (tertiary/aromatic N) is 2. The number of carbonyl (C=O) groups excluding carboxylic acids is 2. The van der Waals surface area contributed by atoms with E-state index < -0.39 is 5.91 Å². The first-order chi connectivity index (χ1) is 14.4. The maximum Gasteiger partial charge on any atom is 0.264 e. The molecule has 11 heteroatoms. The zero-order valence-corrected chi connectivity index (χ0v) is 18.8. The van der Waals surface area contributed by atoms with Gasteiger partial charge in [-0.1, -0.05) is 64.0 Å². The van der Waals surface area contributed by atoms with E-state index in [-0.39, 0.29) is 18.3 Å². The topological polar surface area (TPSA) is 93.2 Å². The van der Waals surface area contributed by atoms with Gasteiger partial charge in [0, 0.05) is 10.7 Å². The van der Waals surface area contributed by atoms with Crippen molar-refractivity contribution in [2.45, 2.75) is 11.3 Å². The van der Waals surface area contributed by atoms with E-state index in [0.717, 1.165) is 11.3 Å². The van der Waals surface area contributed by atoms with Gasteiger partial charge in [0.15, 0.2) is 10.9 Å². The van der Waals surface area contributed by atoms with Crippen LogP contribution in [-0.2, 0) is 9.59 Å². The van der Waals surface area contributed by atoms with E-state index in [9.17, 15) is 9.59 Å². The Morgan fingerprint density at radius 3 is 2.57 bits per heavy atom. The molecule has 0 bridgehead atoms. The molecule has 2 aromatic carbocycles. The number of thioether (sulfide) groups is 1. The van der Waals surface area contributed by atoms with E-state index in [1.165, 1.54) is 29.2 Å². The fourth-order valence-corrected chi connectivity index (χ4v) is 4.20. The van der Waals surface area contributed by atoms with Crippen molar-refractivity contribution in [1.29, 1.82) is 0 Å². The molecule has 156 valence electrons. The summed E-state index contributed by atoms with van der Waals surface area (Å²) >= 11 is 14.2. The van der Waals surface area contributed by atoms with Crippen LogP contribution in [0.15, 0.2) is 46.8 Å². The smallest absolute Gasteiger partial charge is 0.264 e. The lowest BCUT2D eigenvalue weighted by Crippen LogP contribution is -2.20. The highest BCUT2D eigenvalue weighted by Crippen LogP contribution is 2.28. The molecule has 3 rings (SSSR count). The Morgan fingerprint density at radius 1 is 1.07 bits per heavy atom. The van der Waals surface area contributed by atoms with Gasteiger partial charge in [0.2, 0.25) is 11.0 Å². The van der Waals surface area contributed by atoms with Crippen LogP contribution >= 0.6 is 46.3 Å². The second-order valence-electron chi connectivity index (χ2n) is 5.99. The van der Waals surface area contributed by atoms with Gasteiger partial charge in [-0.15, -0.1) is 10.2 Å². The van der Waals surface area contributed by atoms with E-state index in [4.69, 9.17) is 27.9 Å². The number of rotatable bonds is 8. The van der Waals surface area contributed by atoms with Crippen LogP contribution in [0.4, 0.5) is 10.8 Å². The summed E-state index contributed by atoms with van der Waals surface area (Å²) in [6.45, 7) is 1.73.